The highest BCUT2D eigenvalue weighted by atomic mass is 35.5. The third-order valence-corrected chi connectivity index (χ3v) is 3.56. The lowest BCUT2D eigenvalue weighted by molar-refractivity contribution is -0.126. The van der Waals surface area contributed by atoms with E-state index in [9.17, 15) is 4.79 Å². The predicted molar refractivity (Wildman–Crippen MR) is 77.6 cm³/mol. The van der Waals surface area contributed by atoms with Gasteiger partial charge in [-0.15, -0.1) is 0 Å². The van der Waals surface area contributed by atoms with Crippen molar-refractivity contribution < 1.29 is 9.53 Å². The summed E-state index contributed by atoms with van der Waals surface area (Å²) >= 11 is 12.0. The number of nitrogens with two attached hydrogens (primary N) is 1. The third kappa shape index (κ3) is 4.00. The van der Waals surface area contributed by atoms with E-state index in [0.717, 1.165) is 0 Å². The van der Waals surface area contributed by atoms with Gasteiger partial charge in [0.1, 0.15) is 6.10 Å². The SMILES string of the molecule is CC(OCC1CC1)C(=O)Nc1c(Cl)cc(N)cc1Cl. The highest BCUT2D eigenvalue weighted by molar-refractivity contribution is 6.40. The van der Waals surface area contributed by atoms with E-state index in [4.69, 9.17) is 33.7 Å². The van der Waals surface area contributed by atoms with Crippen molar-refractivity contribution in [2.45, 2.75) is 25.9 Å². The Kier molecular flexibility index (Phi) is 4.55. The zero-order valence-corrected chi connectivity index (χ0v) is 12.1. The zero-order chi connectivity index (χ0) is 14.0. The molecule has 0 saturated heterocycles. The number of benzene rings is 1. The van der Waals surface area contributed by atoms with Crippen LogP contribution in [0, 0.1) is 5.92 Å². The average molecular weight is 303 g/mol. The largest absolute Gasteiger partial charge is 0.399 e. The molecule has 1 unspecified atom stereocenters. The number of nitrogen functional groups attached to an aromatic ring is 1. The molecule has 0 aromatic heterocycles. The Balaban J connectivity index is 1.97. The first-order chi connectivity index (χ1) is 8.97. The Morgan fingerprint density at radius 2 is 2.05 bits per heavy atom. The molecule has 1 aliphatic carbocycles. The third-order valence-electron chi connectivity index (χ3n) is 2.96. The summed E-state index contributed by atoms with van der Waals surface area (Å²) in [6, 6.07) is 3.08. The minimum absolute atomic E-state index is 0.269. The number of ether oxygens (including phenoxy) is 1. The van der Waals surface area contributed by atoms with Crippen LogP contribution in [0.15, 0.2) is 12.1 Å². The van der Waals surface area contributed by atoms with E-state index >= 15 is 0 Å². The predicted octanol–water partition coefficient (Wildman–Crippen LogP) is 3.33. The standard InChI is InChI=1S/C13H16Cl2N2O2/c1-7(19-6-8-2-3-8)13(18)17-12-10(14)4-9(16)5-11(12)15/h4-5,7-8H,2-3,6,16H2,1H3,(H,17,18). The van der Waals surface area contributed by atoms with Gasteiger partial charge in [-0.25, -0.2) is 0 Å². The van der Waals surface area contributed by atoms with Gasteiger partial charge < -0.3 is 15.8 Å². The van der Waals surface area contributed by atoms with Crippen LogP contribution in [0.25, 0.3) is 0 Å². The van der Waals surface area contributed by atoms with Crippen LogP contribution in [0.2, 0.25) is 10.0 Å². The first kappa shape index (κ1) is 14.4. The summed E-state index contributed by atoms with van der Waals surface area (Å²) in [5.74, 6) is 0.341. The molecular formula is C13H16Cl2N2O2. The number of amides is 1. The Hall–Kier alpha value is -0.970. The number of carbonyl (C=O) groups is 1. The van der Waals surface area contributed by atoms with Gasteiger partial charge in [-0.05, 0) is 37.8 Å². The van der Waals surface area contributed by atoms with Crippen molar-refractivity contribution in [2.24, 2.45) is 5.92 Å². The zero-order valence-electron chi connectivity index (χ0n) is 10.6. The van der Waals surface area contributed by atoms with Crippen LogP contribution in [-0.2, 0) is 9.53 Å². The Labute approximate surface area is 122 Å². The van der Waals surface area contributed by atoms with Crippen molar-refractivity contribution in [3.63, 3.8) is 0 Å². The molecule has 19 heavy (non-hydrogen) atoms. The summed E-state index contributed by atoms with van der Waals surface area (Å²) in [6.07, 6.45) is 1.83. The van der Waals surface area contributed by atoms with E-state index < -0.39 is 6.10 Å². The first-order valence-electron chi connectivity index (χ1n) is 6.14. The molecule has 2 rings (SSSR count). The monoisotopic (exact) mass is 302 g/mol. The Morgan fingerprint density at radius 1 is 1.47 bits per heavy atom. The molecule has 1 fully saturated rings. The highest BCUT2D eigenvalue weighted by Gasteiger charge is 2.24. The van der Waals surface area contributed by atoms with Crippen LogP contribution in [0.1, 0.15) is 19.8 Å². The van der Waals surface area contributed by atoms with Gasteiger partial charge in [-0.2, -0.15) is 0 Å². The number of nitrogens with one attached hydrogen (secondary N) is 1. The molecule has 1 aromatic rings. The summed E-state index contributed by atoms with van der Waals surface area (Å²) < 4.78 is 5.48. The van der Waals surface area contributed by atoms with Gasteiger partial charge in [0.05, 0.1) is 22.3 Å². The average Bonchev–Trinajstić information content (AvgIpc) is 3.14. The Bertz CT molecular complexity index is 467. The number of hydrogen-bond acceptors (Lipinski definition) is 3. The molecule has 1 saturated carbocycles. The van der Waals surface area contributed by atoms with Crippen LogP contribution >= 0.6 is 23.2 Å². The molecule has 0 heterocycles. The van der Waals surface area contributed by atoms with E-state index in [0.29, 0.717) is 33.9 Å². The van der Waals surface area contributed by atoms with Crippen LogP contribution in [0.5, 0.6) is 0 Å². The van der Waals surface area contributed by atoms with Crippen LogP contribution in [0.4, 0.5) is 11.4 Å². The van der Waals surface area contributed by atoms with E-state index in [-0.39, 0.29) is 5.91 Å². The van der Waals surface area contributed by atoms with Crippen LogP contribution in [0.3, 0.4) is 0 Å². The number of carbonyl (C=O) groups excluding carboxylic acids is 1. The van der Waals surface area contributed by atoms with Crippen LogP contribution in [-0.4, -0.2) is 18.6 Å². The molecular weight excluding hydrogens is 287 g/mol. The molecule has 0 radical (unpaired) electrons. The normalized spacial score (nSPS) is 16.2. The second-order valence-electron chi connectivity index (χ2n) is 4.77. The van der Waals surface area contributed by atoms with Crippen molar-refractivity contribution in [1.29, 1.82) is 0 Å². The van der Waals surface area contributed by atoms with Gasteiger partial charge in [0.15, 0.2) is 0 Å². The maximum atomic E-state index is 12.0. The van der Waals surface area contributed by atoms with Crippen molar-refractivity contribution >= 4 is 40.5 Å². The van der Waals surface area contributed by atoms with E-state index in [1.807, 2.05) is 0 Å². The molecule has 0 bridgehead atoms. The second-order valence-corrected chi connectivity index (χ2v) is 5.58. The molecule has 0 aliphatic heterocycles. The molecule has 1 atom stereocenters. The Morgan fingerprint density at radius 3 is 2.58 bits per heavy atom. The molecule has 1 amide bonds. The summed E-state index contributed by atoms with van der Waals surface area (Å²) in [5.41, 5.74) is 6.42. The lowest BCUT2D eigenvalue weighted by atomic mass is 10.2. The minimum Gasteiger partial charge on any atom is -0.399 e. The van der Waals surface area contributed by atoms with Crippen molar-refractivity contribution in [2.75, 3.05) is 17.7 Å². The fourth-order valence-electron chi connectivity index (χ4n) is 1.58. The van der Waals surface area contributed by atoms with Gasteiger partial charge in [-0.1, -0.05) is 23.2 Å². The molecule has 104 valence electrons. The van der Waals surface area contributed by atoms with Crippen molar-refractivity contribution in [3.05, 3.63) is 22.2 Å². The van der Waals surface area contributed by atoms with E-state index in [2.05, 4.69) is 5.32 Å². The molecule has 3 N–H and O–H groups in total. The van der Waals surface area contributed by atoms with Crippen LogP contribution < -0.4 is 11.1 Å². The molecule has 1 aliphatic rings. The van der Waals surface area contributed by atoms with Crippen molar-refractivity contribution in [3.8, 4) is 0 Å². The van der Waals surface area contributed by atoms with Crippen molar-refractivity contribution in [1.82, 2.24) is 0 Å². The number of hydrogen-bond donors (Lipinski definition) is 2. The maximum absolute atomic E-state index is 12.0. The lowest BCUT2D eigenvalue weighted by Gasteiger charge is -2.15. The minimum atomic E-state index is -0.537. The molecule has 6 heteroatoms. The molecule has 1 aromatic carbocycles. The molecule has 0 spiro atoms. The number of rotatable bonds is 5. The van der Waals surface area contributed by atoms with E-state index in [1.54, 1.807) is 19.1 Å². The fourth-order valence-corrected chi connectivity index (χ4v) is 2.18. The summed E-state index contributed by atoms with van der Waals surface area (Å²) in [4.78, 5) is 12.0. The van der Waals surface area contributed by atoms with Gasteiger partial charge in [-0.3, -0.25) is 4.79 Å². The lowest BCUT2D eigenvalue weighted by Crippen LogP contribution is -2.28. The smallest absolute Gasteiger partial charge is 0.253 e. The van der Waals surface area contributed by atoms with Gasteiger partial charge in [0.2, 0.25) is 0 Å². The quantitative estimate of drug-likeness (QED) is 0.820. The van der Waals surface area contributed by atoms with E-state index in [1.165, 1.54) is 12.8 Å². The van der Waals surface area contributed by atoms with Gasteiger partial charge >= 0.3 is 0 Å². The first-order valence-corrected chi connectivity index (χ1v) is 6.90. The number of anilines is 2. The summed E-state index contributed by atoms with van der Waals surface area (Å²) in [6.45, 7) is 2.33. The topological polar surface area (TPSA) is 64.3 Å². The summed E-state index contributed by atoms with van der Waals surface area (Å²) in [7, 11) is 0. The number of halogens is 2. The maximum Gasteiger partial charge on any atom is 0.253 e. The highest BCUT2D eigenvalue weighted by Crippen LogP contribution is 2.33. The fraction of sp³-hybridized carbons (Fsp3) is 0.462. The summed E-state index contributed by atoms with van der Waals surface area (Å²) in [5, 5.41) is 3.29. The van der Waals surface area contributed by atoms with Gasteiger partial charge in [0, 0.05) is 5.69 Å². The van der Waals surface area contributed by atoms with Gasteiger partial charge in [0.25, 0.3) is 5.91 Å². The second kappa shape index (κ2) is 5.99. The molecule has 4 nitrogen and oxygen atoms in total.